The smallest absolute Gasteiger partial charge is 0.251 e. The third-order valence-electron chi connectivity index (χ3n) is 3.10. The van der Waals surface area contributed by atoms with E-state index in [1.165, 1.54) is 10.6 Å². The highest BCUT2D eigenvalue weighted by Crippen LogP contribution is 2.28. The Hall–Kier alpha value is -0.920. The minimum atomic E-state index is -3.19. The van der Waals surface area contributed by atoms with Crippen LogP contribution in [0.15, 0.2) is 28.7 Å². The molecule has 1 aliphatic rings. The van der Waals surface area contributed by atoms with Gasteiger partial charge in [0, 0.05) is 29.2 Å². The van der Waals surface area contributed by atoms with E-state index in [0.717, 1.165) is 17.3 Å². The molecule has 0 heterocycles. The van der Waals surface area contributed by atoms with Crippen LogP contribution in [0.3, 0.4) is 0 Å². The first kappa shape index (κ1) is 15.5. The van der Waals surface area contributed by atoms with Crippen LogP contribution >= 0.6 is 15.9 Å². The molecular weight excluding hydrogens is 344 g/mol. The summed E-state index contributed by atoms with van der Waals surface area (Å²) in [5, 5.41) is 2.74. The van der Waals surface area contributed by atoms with Gasteiger partial charge < -0.3 is 5.32 Å². The van der Waals surface area contributed by atoms with Crippen LogP contribution < -0.4 is 5.32 Å². The molecule has 1 aliphatic carbocycles. The van der Waals surface area contributed by atoms with Crippen LogP contribution in [0, 0.1) is 0 Å². The maximum atomic E-state index is 11.9. The van der Waals surface area contributed by atoms with Gasteiger partial charge in [-0.15, -0.1) is 0 Å². The molecule has 1 aromatic rings. The molecule has 20 heavy (non-hydrogen) atoms. The molecule has 0 spiro atoms. The largest absolute Gasteiger partial charge is 0.351 e. The third-order valence-corrected chi connectivity index (χ3v) is 4.97. The Labute approximate surface area is 127 Å². The number of nitrogens with zero attached hydrogens (tertiary/aromatic N) is 1. The molecule has 0 bridgehead atoms. The summed E-state index contributed by atoms with van der Waals surface area (Å²) >= 11 is 3.31. The fraction of sp³-hybridized carbons (Fsp3) is 0.462. The molecule has 0 radical (unpaired) electrons. The number of hydrogen-bond donors (Lipinski definition) is 1. The van der Waals surface area contributed by atoms with Crippen molar-refractivity contribution in [2.75, 3.05) is 19.3 Å². The van der Waals surface area contributed by atoms with E-state index in [2.05, 4.69) is 21.2 Å². The lowest BCUT2D eigenvalue weighted by Crippen LogP contribution is -2.39. The summed E-state index contributed by atoms with van der Waals surface area (Å²) in [6.45, 7) is 0.643. The maximum Gasteiger partial charge on any atom is 0.251 e. The number of sulfonamides is 1. The van der Waals surface area contributed by atoms with Crippen molar-refractivity contribution in [3.8, 4) is 0 Å². The number of amides is 1. The summed E-state index contributed by atoms with van der Waals surface area (Å²) in [5.74, 6) is -0.193. The number of halogens is 1. The van der Waals surface area contributed by atoms with E-state index >= 15 is 0 Å². The Morgan fingerprint density at radius 1 is 1.35 bits per heavy atom. The van der Waals surface area contributed by atoms with Crippen LogP contribution in [0.4, 0.5) is 0 Å². The van der Waals surface area contributed by atoms with Gasteiger partial charge in [-0.05, 0) is 37.1 Å². The van der Waals surface area contributed by atoms with Crippen molar-refractivity contribution in [2.45, 2.75) is 18.9 Å². The topological polar surface area (TPSA) is 66.5 Å². The first-order valence-electron chi connectivity index (χ1n) is 6.38. The van der Waals surface area contributed by atoms with E-state index in [1.54, 1.807) is 24.3 Å². The molecular formula is C13H17BrN2O3S. The Kier molecular flexibility index (Phi) is 4.82. The Morgan fingerprint density at radius 2 is 1.95 bits per heavy atom. The molecule has 0 unspecified atom stereocenters. The zero-order valence-corrected chi connectivity index (χ0v) is 13.6. The summed E-state index contributed by atoms with van der Waals surface area (Å²) < 4.78 is 25.6. The average Bonchev–Trinajstić information content (AvgIpc) is 3.18. The minimum absolute atomic E-state index is 0.120. The van der Waals surface area contributed by atoms with E-state index < -0.39 is 10.0 Å². The van der Waals surface area contributed by atoms with Crippen molar-refractivity contribution in [1.29, 1.82) is 0 Å². The van der Waals surface area contributed by atoms with E-state index in [1.807, 2.05) is 0 Å². The predicted molar refractivity (Wildman–Crippen MR) is 81.0 cm³/mol. The molecule has 1 saturated carbocycles. The minimum Gasteiger partial charge on any atom is -0.351 e. The van der Waals surface area contributed by atoms with E-state index in [4.69, 9.17) is 0 Å². The standard InChI is InChI=1S/C13H17BrN2O3S/c1-20(18,19)16(12-6-7-12)9-8-15-13(17)10-2-4-11(14)5-3-10/h2-5,12H,6-9H2,1H3,(H,15,17). The summed E-state index contributed by atoms with van der Waals surface area (Å²) in [6, 6.07) is 7.14. The number of carbonyl (C=O) groups excluding carboxylic acids is 1. The molecule has 0 aromatic heterocycles. The van der Waals surface area contributed by atoms with Gasteiger partial charge in [0.15, 0.2) is 0 Å². The number of carbonyl (C=O) groups is 1. The van der Waals surface area contributed by atoms with Gasteiger partial charge in [-0.25, -0.2) is 8.42 Å². The van der Waals surface area contributed by atoms with Gasteiger partial charge in [-0.2, -0.15) is 4.31 Å². The summed E-state index contributed by atoms with van der Waals surface area (Å²) in [7, 11) is -3.19. The SMILES string of the molecule is CS(=O)(=O)N(CCNC(=O)c1ccc(Br)cc1)C1CC1. The lowest BCUT2D eigenvalue weighted by atomic mass is 10.2. The number of benzene rings is 1. The van der Waals surface area contributed by atoms with Crippen LogP contribution in [0.1, 0.15) is 23.2 Å². The molecule has 1 amide bonds. The van der Waals surface area contributed by atoms with E-state index in [-0.39, 0.29) is 11.9 Å². The summed E-state index contributed by atoms with van der Waals surface area (Å²) in [6.07, 6.45) is 3.03. The van der Waals surface area contributed by atoms with Gasteiger partial charge in [0.2, 0.25) is 10.0 Å². The summed E-state index contributed by atoms with van der Waals surface area (Å²) in [5.41, 5.74) is 0.561. The first-order valence-corrected chi connectivity index (χ1v) is 9.02. The second-order valence-corrected chi connectivity index (χ2v) is 7.72. The Bertz CT molecular complexity index is 582. The van der Waals surface area contributed by atoms with Crippen molar-refractivity contribution in [3.05, 3.63) is 34.3 Å². The number of hydrogen-bond acceptors (Lipinski definition) is 3. The zero-order chi connectivity index (χ0) is 14.8. The van der Waals surface area contributed by atoms with Gasteiger partial charge in [0.1, 0.15) is 0 Å². The average molecular weight is 361 g/mol. The monoisotopic (exact) mass is 360 g/mol. The quantitative estimate of drug-likeness (QED) is 0.837. The van der Waals surface area contributed by atoms with Crippen molar-refractivity contribution < 1.29 is 13.2 Å². The van der Waals surface area contributed by atoms with Gasteiger partial charge in [-0.3, -0.25) is 4.79 Å². The molecule has 110 valence electrons. The highest BCUT2D eigenvalue weighted by atomic mass is 79.9. The van der Waals surface area contributed by atoms with Crippen molar-refractivity contribution >= 4 is 31.9 Å². The predicted octanol–water partition coefficient (Wildman–Crippen LogP) is 1.60. The summed E-state index contributed by atoms with van der Waals surface area (Å²) in [4.78, 5) is 11.9. The lowest BCUT2D eigenvalue weighted by molar-refractivity contribution is 0.0951. The van der Waals surface area contributed by atoms with Crippen LogP contribution in [0.5, 0.6) is 0 Å². The molecule has 2 rings (SSSR count). The normalized spacial score (nSPS) is 15.3. The fourth-order valence-electron chi connectivity index (χ4n) is 1.96. The van der Waals surface area contributed by atoms with Crippen molar-refractivity contribution in [2.24, 2.45) is 0 Å². The van der Waals surface area contributed by atoms with E-state index in [9.17, 15) is 13.2 Å². The third kappa shape index (κ3) is 4.29. The number of nitrogens with one attached hydrogen (secondary N) is 1. The van der Waals surface area contributed by atoms with Crippen LogP contribution in [-0.2, 0) is 10.0 Å². The van der Waals surface area contributed by atoms with Crippen LogP contribution in [0.2, 0.25) is 0 Å². The molecule has 1 aromatic carbocycles. The van der Waals surface area contributed by atoms with Crippen molar-refractivity contribution in [1.82, 2.24) is 9.62 Å². The van der Waals surface area contributed by atoms with Gasteiger partial charge in [-0.1, -0.05) is 15.9 Å². The maximum absolute atomic E-state index is 11.9. The Balaban J connectivity index is 1.86. The molecule has 0 atom stereocenters. The molecule has 1 N–H and O–H groups in total. The molecule has 1 fully saturated rings. The van der Waals surface area contributed by atoms with Crippen molar-refractivity contribution in [3.63, 3.8) is 0 Å². The van der Waals surface area contributed by atoms with Gasteiger partial charge in [0.05, 0.1) is 6.26 Å². The van der Waals surface area contributed by atoms with Crippen LogP contribution in [0.25, 0.3) is 0 Å². The zero-order valence-electron chi connectivity index (χ0n) is 11.2. The Morgan fingerprint density at radius 3 is 2.45 bits per heavy atom. The van der Waals surface area contributed by atoms with Crippen LogP contribution in [-0.4, -0.2) is 44.0 Å². The molecule has 0 aliphatic heterocycles. The second-order valence-electron chi connectivity index (χ2n) is 4.87. The molecule has 5 nitrogen and oxygen atoms in total. The first-order chi connectivity index (χ1) is 9.38. The molecule has 7 heteroatoms. The second kappa shape index (κ2) is 6.24. The van der Waals surface area contributed by atoms with Gasteiger partial charge >= 0.3 is 0 Å². The van der Waals surface area contributed by atoms with Gasteiger partial charge in [0.25, 0.3) is 5.91 Å². The fourth-order valence-corrected chi connectivity index (χ4v) is 3.40. The molecule has 0 saturated heterocycles. The van der Waals surface area contributed by atoms with E-state index in [0.29, 0.717) is 18.7 Å². The number of rotatable bonds is 6. The highest BCUT2D eigenvalue weighted by molar-refractivity contribution is 9.10. The highest BCUT2D eigenvalue weighted by Gasteiger charge is 2.34. The lowest BCUT2D eigenvalue weighted by Gasteiger charge is -2.19.